The molecule has 12 nitrogen and oxygen atoms in total. The second-order valence-corrected chi connectivity index (χ2v) is 15.6. The molecule has 46 heavy (non-hydrogen) atoms. The van der Waals surface area contributed by atoms with Gasteiger partial charge >= 0.3 is 6.09 Å². The molecular weight excluding hydrogens is 654 g/mol. The summed E-state index contributed by atoms with van der Waals surface area (Å²) < 4.78 is 33.8. The molecule has 246 valence electrons. The average Bonchev–Trinajstić information content (AvgIpc) is 3.48. The first-order valence-electron chi connectivity index (χ1n) is 15.4. The van der Waals surface area contributed by atoms with Gasteiger partial charge in [-0.3, -0.25) is 19.3 Å². The highest BCUT2D eigenvalue weighted by atomic mass is 35.5. The first kappa shape index (κ1) is 32.5. The number of fused-ring (bicyclic) bond motifs is 3. The highest BCUT2D eigenvalue weighted by Crippen LogP contribution is 2.46. The lowest BCUT2D eigenvalue weighted by molar-refractivity contribution is -0.140. The Hall–Kier alpha value is -3.46. The Morgan fingerprint density at radius 2 is 1.96 bits per heavy atom. The van der Waals surface area contributed by atoms with Gasteiger partial charge in [0.25, 0.3) is 15.9 Å². The molecule has 1 aromatic heterocycles. The van der Waals surface area contributed by atoms with E-state index in [1.807, 2.05) is 24.3 Å². The molecule has 3 aliphatic heterocycles. The van der Waals surface area contributed by atoms with Crippen LogP contribution in [-0.4, -0.2) is 72.3 Å². The van der Waals surface area contributed by atoms with Crippen molar-refractivity contribution < 1.29 is 32.3 Å². The van der Waals surface area contributed by atoms with Gasteiger partial charge in [0, 0.05) is 23.9 Å². The number of amides is 4. The van der Waals surface area contributed by atoms with Crippen molar-refractivity contribution >= 4 is 56.8 Å². The number of nitrogens with two attached hydrogens (primary N) is 1. The number of benzene rings is 1. The first-order valence-corrected chi connectivity index (χ1v) is 18.1. The van der Waals surface area contributed by atoms with E-state index >= 15 is 0 Å². The molecule has 0 spiro atoms. The molecule has 0 radical (unpaired) electrons. The third-order valence-corrected chi connectivity index (χ3v) is 12.2. The molecule has 4 N–H and O–H groups in total. The summed E-state index contributed by atoms with van der Waals surface area (Å²) in [5.41, 5.74) is 6.54. The number of hydrogen-bond acceptors (Lipinski definition) is 9. The number of carbonyl (C=O) groups is 4. The maximum atomic E-state index is 13.9. The number of hydrogen-bond donors (Lipinski definition) is 3. The lowest BCUT2D eigenvalue weighted by Crippen LogP contribution is -2.57. The predicted molar refractivity (Wildman–Crippen MR) is 170 cm³/mol. The van der Waals surface area contributed by atoms with Crippen LogP contribution in [0.3, 0.4) is 0 Å². The molecule has 2 fully saturated rings. The Labute approximate surface area is 276 Å². The topological polar surface area (TPSA) is 168 Å². The Kier molecular flexibility index (Phi) is 9.16. The van der Waals surface area contributed by atoms with E-state index in [2.05, 4.69) is 10.0 Å². The fourth-order valence-electron chi connectivity index (χ4n) is 6.47. The summed E-state index contributed by atoms with van der Waals surface area (Å²) in [7, 11) is -4.15. The third-order valence-electron chi connectivity index (χ3n) is 9.12. The van der Waals surface area contributed by atoms with Crippen molar-refractivity contribution in [2.24, 2.45) is 11.7 Å². The number of ether oxygens (including phenoxy) is 1. The molecule has 2 aromatic rings. The van der Waals surface area contributed by atoms with E-state index in [9.17, 15) is 27.6 Å². The van der Waals surface area contributed by atoms with Crippen LogP contribution in [0.2, 0.25) is 5.02 Å². The zero-order chi connectivity index (χ0) is 32.6. The Morgan fingerprint density at radius 1 is 1.13 bits per heavy atom. The maximum absolute atomic E-state index is 13.9. The summed E-state index contributed by atoms with van der Waals surface area (Å²) in [5.74, 6) is -2.38. The van der Waals surface area contributed by atoms with Crippen LogP contribution < -0.4 is 15.8 Å². The van der Waals surface area contributed by atoms with Crippen molar-refractivity contribution in [3.05, 3.63) is 64.0 Å². The summed E-state index contributed by atoms with van der Waals surface area (Å²) in [6, 6.07) is 6.47. The van der Waals surface area contributed by atoms with Crippen molar-refractivity contribution in [2.75, 3.05) is 6.54 Å². The second-order valence-electron chi connectivity index (χ2n) is 12.3. The highest BCUT2D eigenvalue weighted by Gasteiger charge is 2.61. The van der Waals surface area contributed by atoms with Gasteiger partial charge in [-0.05, 0) is 54.3 Å². The van der Waals surface area contributed by atoms with Gasteiger partial charge in [0.05, 0.1) is 19.1 Å². The number of nitrogens with one attached hydrogen (secondary N) is 2. The molecule has 4 aliphatic rings. The lowest BCUT2D eigenvalue weighted by atomic mass is 10.1. The molecule has 5 atom stereocenters. The van der Waals surface area contributed by atoms with Crippen molar-refractivity contribution in [3.8, 4) is 0 Å². The van der Waals surface area contributed by atoms with Crippen LogP contribution in [0, 0.1) is 5.92 Å². The quantitative estimate of drug-likeness (QED) is 0.412. The van der Waals surface area contributed by atoms with Gasteiger partial charge in [0.2, 0.25) is 11.8 Å². The standard InChI is InChI=1S/C31H36ClN5O7S2/c32-23-10-6-8-19-16-36(18-22(19)23)30(41)44-21-14-25-27(38)34-31(29(40)35-46(42,43)26-12-7-13-45-26)15-20(31)9-4-2-1-3-5-11-24(33)28(39)37(25)17-21/h4,6-10,12-13,20-21,24-25H,1-3,5,11,14-18,33H2,(H,34,38)(H,35,40)/b9-4-/t20-,21-,24?,25+,31-/m1/s1. The molecule has 1 aliphatic carbocycles. The monoisotopic (exact) mass is 689 g/mol. The summed E-state index contributed by atoms with van der Waals surface area (Å²) in [6.07, 6.45) is 6.11. The van der Waals surface area contributed by atoms with Gasteiger partial charge in [-0.2, -0.15) is 0 Å². The normalized spacial score (nSPS) is 29.0. The number of halogens is 1. The molecule has 1 aromatic carbocycles. The molecule has 6 rings (SSSR count). The zero-order valence-corrected chi connectivity index (χ0v) is 27.4. The van der Waals surface area contributed by atoms with Crippen LogP contribution in [0.15, 0.2) is 52.1 Å². The van der Waals surface area contributed by atoms with Gasteiger partial charge in [0.1, 0.15) is 21.9 Å². The summed E-state index contributed by atoms with van der Waals surface area (Å²) in [4.78, 5) is 57.1. The van der Waals surface area contributed by atoms with E-state index in [4.69, 9.17) is 22.1 Å². The van der Waals surface area contributed by atoms with Crippen LogP contribution in [0.4, 0.5) is 4.79 Å². The van der Waals surface area contributed by atoms with E-state index < -0.39 is 63.5 Å². The number of sulfonamides is 1. The van der Waals surface area contributed by atoms with E-state index in [1.165, 1.54) is 15.9 Å². The minimum absolute atomic E-state index is 0.0106. The molecule has 0 bridgehead atoms. The van der Waals surface area contributed by atoms with Gasteiger partial charge in [-0.25, -0.2) is 17.9 Å². The van der Waals surface area contributed by atoms with Gasteiger partial charge in [0.15, 0.2) is 0 Å². The van der Waals surface area contributed by atoms with Crippen molar-refractivity contribution in [2.45, 2.75) is 86.0 Å². The minimum Gasteiger partial charge on any atom is -0.444 e. The number of thiophene rings is 1. The molecule has 4 amide bonds. The maximum Gasteiger partial charge on any atom is 0.410 e. The first-order chi connectivity index (χ1) is 22.0. The molecule has 15 heteroatoms. The summed E-state index contributed by atoms with van der Waals surface area (Å²) in [5, 5.41) is 4.94. The fourth-order valence-corrected chi connectivity index (χ4v) is 8.75. The van der Waals surface area contributed by atoms with E-state index in [-0.39, 0.29) is 30.1 Å². The molecular formula is C31H36ClN5O7S2. The van der Waals surface area contributed by atoms with Crippen molar-refractivity contribution in [1.82, 2.24) is 19.8 Å². The smallest absolute Gasteiger partial charge is 0.410 e. The van der Waals surface area contributed by atoms with Gasteiger partial charge < -0.3 is 20.7 Å². The minimum atomic E-state index is -4.15. The largest absolute Gasteiger partial charge is 0.444 e. The molecule has 1 saturated carbocycles. The van der Waals surface area contributed by atoms with Crippen LogP contribution in [0.1, 0.15) is 56.1 Å². The van der Waals surface area contributed by atoms with Crippen LogP contribution >= 0.6 is 22.9 Å². The number of nitrogens with zero attached hydrogens (tertiary/aromatic N) is 2. The van der Waals surface area contributed by atoms with Gasteiger partial charge in [-0.1, -0.05) is 54.8 Å². The highest BCUT2D eigenvalue weighted by molar-refractivity contribution is 7.92. The molecule has 1 saturated heterocycles. The van der Waals surface area contributed by atoms with Crippen LogP contribution in [0.5, 0.6) is 0 Å². The van der Waals surface area contributed by atoms with E-state index in [0.29, 0.717) is 18.0 Å². The second kappa shape index (κ2) is 13.0. The van der Waals surface area contributed by atoms with Gasteiger partial charge in [-0.15, -0.1) is 11.3 Å². The third kappa shape index (κ3) is 6.53. The van der Waals surface area contributed by atoms with Crippen molar-refractivity contribution in [1.29, 1.82) is 0 Å². The Morgan fingerprint density at radius 3 is 2.72 bits per heavy atom. The predicted octanol–water partition coefficient (Wildman–Crippen LogP) is 3.05. The Bertz CT molecular complexity index is 1670. The molecule has 4 heterocycles. The SMILES string of the molecule is NC1CCCCC/C=C\[C@@H]2C[C@@]2(C(=O)NS(=O)(=O)c2cccs2)NC(=O)[C@@H]2C[C@@H](OC(=O)N3Cc4cccc(Cl)c4C3)CN2C1=O. The number of rotatable bonds is 4. The molecule has 1 unspecified atom stereocenters. The Balaban J connectivity index is 1.21. The van der Waals surface area contributed by atoms with Crippen LogP contribution in [0.25, 0.3) is 0 Å². The average molecular weight is 690 g/mol. The van der Waals surface area contributed by atoms with E-state index in [0.717, 1.165) is 48.1 Å². The van der Waals surface area contributed by atoms with E-state index in [1.54, 1.807) is 17.5 Å². The summed E-state index contributed by atoms with van der Waals surface area (Å²) >= 11 is 7.28. The van der Waals surface area contributed by atoms with Crippen molar-refractivity contribution in [3.63, 3.8) is 0 Å². The lowest BCUT2D eigenvalue weighted by Gasteiger charge is -2.28. The zero-order valence-electron chi connectivity index (χ0n) is 25.0. The number of carbonyl (C=O) groups excluding carboxylic acids is 4. The fraction of sp³-hybridized carbons (Fsp3) is 0.484. The van der Waals surface area contributed by atoms with Crippen LogP contribution in [-0.2, 0) is 42.2 Å². The summed E-state index contributed by atoms with van der Waals surface area (Å²) in [6.45, 7) is 0.548. The number of allylic oxidation sites excluding steroid dienone is 1.